The molecule has 9 heteroatoms. The molecule has 3 rings (SSSR count). The first-order valence-corrected chi connectivity index (χ1v) is 12.1. The second-order valence-electron chi connectivity index (χ2n) is 7.50. The van der Waals surface area contributed by atoms with Crippen molar-refractivity contribution in [2.45, 2.75) is 25.3 Å². The number of morpholine rings is 1. The number of halogens is 1. The van der Waals surface area contributed by atoms with Crippen LogP contribution in [0.4, 0.5) is 5.69 Å². The molecule has 1 fully saturated rings. The minimum Gasteiger partial charge on any atom is -0.379 e. The van der Waals surface area contributed by atoms with Gasteiger partial charge in [-0.25, -0.2) is 8.42 Å². The number of nitrogens with one attached hydrogen (secondary N) is 1. The molecule has 168 valence electrons. The van der Waals surface area contributed by atoms with Crippen molar-refractivity contribution in [2.75, 3.05) is 44.7 Å². The Bertz CT molecular complexity index is 1020. The first-order chi connectivity index (χ1) is 14.8. The monoisotopic (exact) mass is 465 g/mol. The van der Waals surface area contributed by atoms with Crippen molar-refractivity contribution in [2.24, 2.45) is 0 Å². The van der Waals surface area contributed by atoms with Crippen LogP contribution >= 0.6 is 11.6 Å². The number of likely N-dealkylation sites (N-methyl/N-ethyl adjacent to an activating group) is 1. The van der Waals surface area contributed by atoms with Gasteiger partial charge in [-0.1, -0.05) is 48.4 Å². The van der Waals surface area contributed by atoms with Gasteiger partial charge in [0.25, 0.3) is 0 Å². The van der Waals surface area contributed by atoms with Crippen LogP contribution in [0.5, 0.6) is 0 Å². The molecule has 0 radical (unpaired) electrons. The smallest absolute Gasteiger partial charge is 0.243 e. The second kappa shape index (κ2) is 10.6. The maximum atomic E-state index is 12.9. The van der Waals surface area contributed by atoms with Crippen molar-refractivity contribution in [3.8, 4) is 0 Å². The van der Waals surface area contributed by atoms with Crippen molar-refractivity contribution in [3.63, 3.8) is 0 Å². The molecular formula is C22H28ClN3O4S. The molecule has 0 saturated carbocycles. The standard InChI is InChI=1S/C22H28ClN3O4S/c1-3-25(15-18-6-4-5-17(2)13-18)16-22(27)24-21-14-19(7-8-20(21)23)31(28,29)26-9-11-30-12-10-26/h4-8,13-14H,3,9-12,15-16H2,1-2H3,(H,24,27). The molecule has 0 atom stereocenters. The van der Waals surface area contributed by atoms with Gasteiger partial charge in [0.15, 0.2) is 0 Å². The van der Waals surface area contributed by atoms with Gasteiger partial charge in [-0.05, 0) is 37.2 Å². The molecule has 0 aliphatic carbocycles. The zero-order valence-corrected chi connectivity index (χ0v) is 19.4. The van der Waals surface area contributed by atoms with Crippen LogP contribution in [-0.2, 0) is 26.1 Å². The van der Waals surface area contributed by atoms with E-state index in [0.717, 1.165) is 5.56 Å². The molecular weight excluding hydrogens is 438 g/mol. The molecule has 1 N–H and O–H groups in total. The molecule has 2 aromatic carbocycles. The molecule has 0 unspecified atom stereocenters. The van der Waals surface area contributed by atoms with E-state index in [1.165, 1.54) is 28.1 Å². The number of amides is 1. The van der Waals surface area contributed by atoms with Gasteiger partial charge in [-0.3, -0.25) is 9.69 Å². The first kappa shape index (κ1) is 23.7. The van der Waals surface area contributed by atoms with Crippen LogP contribution in [0, 0.1) is 6.92 Å². The van der Waals surface area contributed by atoms with Crippen molar-refractivity contribution in [1.82, 2.24) is 9.21 Å². The molecule has 7 nitrogen and oxygen atoms in total. The Kier molecular flexibility index (Phi) is 8.07. The molecule has 2 aromatic rings. The maximum Gasteiger partial charge on any atom is 0.243 e. The second-order valence-corrected chi connectivity index (χ2v) is 9.84. The van der Waals surface area contributed by atoms with E-state index in [-0.39, 0.29) is 28.1 Å². The van der Waals surface area contributed by atoms with Crippen molar-refractivity contribution >= 4 is 33.2 Å². The number of rotatable bonds is 8. The number of anilines is 1. The van der Waals surface area contributed by atoms with Gasteiger partial charge >= 0.3 is 0 Å². The highest BCUT2D eigenvalue weighted by Crippen LogP contribution is 2.27. The van der Waals surface area contributed by atoms with Gasteiger partial charge in [0.05, 0.1) is 35.4 Å². The normalized spacial score (nSPS) is 15.2. The SMILES string of the molecule is CCN(CC(=O)Nc1cc(S(=O)(=O)N2CCOCC2)ccc1Cl)Cc1cccc(C)c1. The average molecular weight is 466 g/mol. The third kappa shape index (κ3) is 6.27. The highest BCUT2D eigenvalue weighted by atomic mass is 35.5. The number of benzene rings is 2. The van der Waals surface area contributed by atoms with Gasteiger partial charge in [0.2, 0.25) is 15.9 Å². The first-order valence-electron chi connectivity index (χ1n) is 10.2. The number of hydrogen-bond donors (Lipinski definition) is 1. The van der Waals surface area contributed by atoms with Crippen molar-refractivity contribution in [1.29, 1.82) is 0 Å². The topological polar surface area (TPSA) is 79.0 Å². The summed E-state index contributed by atoms with van der Waals surface area (Å²) in [4.78, 5) is 14.8. The Hall–Kier alpha value is -1.97. The van der Waals surface area contributed by atoms with E-state index in [2.05, 4.69) is 11.4 Å². The third-order valence-corrected chi connectivity index (χ3v) is 7.35. The quantitative estimate of drug-likeness (QED) is 0.648. The Balaban J connectivity index is 1.69. The minimum atomic E-state index is -3.68. The summed E-state index contributed by atoms with van der Waals surface area (Å²) in [6.45, 7) is 6.87. The lowest BCUT2D eigenvalue weighted by molar-refractivity contribution is -0.117. The zero-order valence-electron chi connectivity index (χ0n) is 17.8. The van der Waals surface area contributed by atoms with Crippen LogP contribution in [-0.4, -0.2) is 62.9 Å². The fourth-order valence-corrected chi connectivity index (χ4v) is 5.04. The fraction of sp³-hybridized carbons (Fsp3) is 0.409. The largest absolute Gasteiger partial charge is 0.379 e. The Morgan fingerprint density at radius 2 is 1.94 bits per heavy atom. The van der Waals surface area contributed by atoms with Gasteiger partial charge < -0.3 is 10.1 Å². The molecule has 1 heterocycles. The van der Waals surface area contributed by atoms with Crippen LogP contribution in [0.3, 0.4) is 0 Å². The van der Waals surface area contributed by atoms with E-state index in [1.807, 2.05) is 36.9 Å². The Morgan fingerprint density at radius 3 is 2.61 bits per heavy atom. The van der Waals surface area contributed by atoms with E-state index in [9.17, 15) is 13.2 Å². The lowest BCUT2D eigenvalue weighted by Crippen LogP contribution is -2.40. The number of sulfonamides is 1. The molecule has 1 aliphatic rings. The highest BCUT2D eigenvalue weighted by Gasteiger charge is 2.27. The van der Waals surface area contributed by atoms with Crippen LogP contribution in [0.25, 0.3) is 0 Å². The van der Waals surface area contributed by atoms with Crippen molar-refractivity contribution in [3.05, 3.63) is 58.6 Å². The van der Waals surface area contributed by atoms with Crippen LogP contribution in [0.15, 0.2) is 47.4 Å². The number of nitrogens with zero attached hydrogens (tertiary/aromatic N) is 2. The number of carbonyl (C=O) groups is 1. The summed E-state index contributed by atoms with van der Waals surface area (Å²) >= 11 is 6.24. The summed E-state index contributed by atoms with van der Waals surface area (Å²) in [6.07, 6.45) is 0. The Morgan fingerprint density at radius 1 is 1.19 bits per heavy atom. The maximum absolute atomic E-state index is 12.9. The summed E-state index contributed by atoms with van der Waals surface area (Å²) in [6, 6.07) is 12.5. The van der Waals surface area contributed by atoms with Crippen LogP contribution in [0.2, 0.25) is 5.02 Å². The minimum absolute atomic E-state index is 0.0983. The van der Waals surface area contributed by atoms with E-state index < -0.39 is 10.0 Å². The molecule has 1 saturated heterocycles. The van der Waals surface area contributed by atoms with E-state index in [0.29, 0.717) is 39.4 Å². The van der Waals surface area contributed by atoms with Crippen molar-refractivity contribution < 1.29 is 17.9 Å². The molecule has 31 heavy (non-hydrogen) atoms. The number of aryl methyl sites for hydroxylation is 1. The number of ether oxygens (including phenoxy) is 1. The summed E-state index contributed by atoms with van der Waals surface area (Å²) in [7, 11) is -3.68. The zero-order chi connectivity index (χ0) is 22.4. The number of hydrogen-bond acceptors (Lipinski definition) is 5. The van der Waals surface area contributed by atoms with E-state index in [1.54, 1.807) is 0 Å². The molecule has 1 amide bonds. The molecule has 0 spiro atoms. The van der Waals surface area contributed by atoms with Gasteiger partial charge in [0.1, 0.15) is 0 Å². The lowest BCUT2D eigenvalue weighted by atomic mass is 10.1. The van der Waals surface area contributed by atoms with Crippen LogP contribution < -0.4 is 5.32 Å². The third-order valence-electron chi connectivity index (χ3n) is 5.12. The highest BCUT2D eigenvalue weighted by molar-refractivity contribution is 7.89. The predicted octanol–water partition coefficient (Wildman–Crippen LogP) is 3.13. The average Bonchev–Trinajstić information content (AvgIpc) is 2.75. The van der Waals surface area contributed by atoms with E-state index >= 15 is 0 Å². The van der Waals surface area contributed by atoms with E-state index in [4.69, 9.17) is 16.3 Å². The van der Waals surface area contributed by atoms with Gasteiger partial charge in [0, 0.05) is 19.6 Å². The fourth-order valence-electron chi connectivity index (χ4n) is 3.44. The Labute approximate surface area is 189 Å². The molecule has 1 aliphatic heterocycles. The summed E-state index contributed by atoms with van der Waals surface area (Å²) in [5, 5.41) is 3.06. The number of carbonyl (C=O) groups excluding carboxylic acids is 1. The van der Waals surface area contributed by atoms with Crippen LogP contribution in [0.1, 0.15) is 18.1 Å². The van der Waals surface area contributed by atoms with Gasteiger partial charge in [-0.2, -0.15) is 4.31 Å². The summed E-state index contributed by atoms with van der Waals surface area (Å²) in [5.74, 6) is -0.252. The van der Waals surface area contributed by atoms with Gasteiger partial charge in [-0.15, -0.1) is 0 Å². The lowest BCUT2D eigenvalue weighted by Gasteiger charge is -2.26. The predicted molar refractivity (Wildman–Crippen MR) is 122 cm³/mol. The molecule has 0 aromatic heterocycles. The summed E-state index contributed by atoms with van der Waals surface area (Å²) in [5.41, 5.74) is 2.59. The molecule has 0 bridgehead atoms. The summed E-state index contributed by atoms with van der Waals surface area (Å²) < 4.78 is 32.4.